The van der Waals surface area contributed by atoms with Crippen molar-refractivity contribution in [3.8, 4) is 0 Å². The van der Waals surface area contributed by atoms with E-state index in [-0.39, 0.29) is 26.7 Å². The number of hydrogen-bond acceptors (Lipinski definition) is 4. The summed E-state index contributed by atoms with van der Waals surface area (Å²) in [6.45, 7) is 1.92. The standard InChI is InChI=1S/C23H22ClN3O4S/c1-15-7-6-8-17(13-15)25-23(29)18-9-4-5-10-20(18)26-22(28)16-11-12-19(24)21(14-16)32(30,31)27(2)3/h4-14H,1-3H3,(H,25,29)(H,26,28). The van der Waals surface area contributed by atoms with Crippen LogP contribution in [0.3, 0.4) is 0 Å². The molecule has 0 saturated heterocycles. The van der Waals surface area contributed by atoms with E-state index in [0.717, 1.165) is 9.87 Å². The number of halogens is 1. The molecule has 0 aliphatic rings. The Hall–Kier alpha value is -3.20. The van der Waals surface area contributed by atoms with Gasteiger partial charge in [0.1, 0.15) is 4.90 Å². The number of aryl methyl sites for hydroxylation is 1. The predicted molar refractivity (Wildman–Crippen MR) is 126 cm³/mol. The minimum atomic E-state index is -3.84. The van der Waals surface area contributed by atoms with Crippen LogP contribution in [0.4, 0.5) is 11.4 Å². The molecule has 0 aromatic heterocycles. The Morgan fingerprint density at radius 1 is 0.875 bits per heavy atom. The molecule has 0 heterocycles. The molecule has 3 rings (SSSR count). The summed E-state index contributed by atoms with van der Waals surface area (Å²) in [5.41, 5.74) is 2.26. The maximum Gasteiger partial charge on any atom is 0.257 e. The van der Waals surface area contributed by atoms with E-state index in [1.807, 2.05) is 25.1 Å². The molecule has 0 unspecified atom stereocenters. The van der Waals surface area contributed by atoms with E-state index >= 15 is 0 Å². The van der Waals surface area contributed by atoms with Gasteiger partial charge < -0.3 is 10.6 Å². The molecule has 0 spiro atoms. The molecular formula is C23H22ClN3O4S. The first-order valence-electron chi connectivity index (χ1n) is 9.60. The van der Waals surface area contributed by atoms with Crippen LogP contribution in [-0.2, 0) is 10.0 Å². The molecule has 2 amide bonds. The monoisotopic (exact) mass is 471 g/mol. The Morgan fingerprint density at radius 3 is 2.28 bits per heavy atom. The molecular weight excluding hydrogens is 450 g/mol. The van der Waals surface area contributed by atoms with Crippen LogP contribution in [0.5, 0.6) is 0 Å². The molecule has 0 bridgehead atoms. The van der Waals surface area contributed by atoms with Gasteiger partial charge in [0.05, 0.1) is 16.3 Å². The maximum absolute atomic E-state index is 12.9. The van der Waals surface area contributed by atoms with Crippen LogP contribution >= 0.6 is 11.6 Å². The van der Waals surface area contributed by atoms with Crippen molar-refractivity contribution < 1.29 is 18.0 Å². The lowest BCUT2D eigenvalue weighted by atomic mass is 10.1. The van der Waals surface area contributed by atoms with Gasteiger partial charge in [-0.25, -0.2) is 12.7 Å². The molecule has 166 valence electrons. The fraction of sp³-hybridized carbons (Fsp3) is 0.130. The topological polar surface area (TPSA) is 95.6 Å². The van der Waals surface area contributed by atoms with Crippen molar-refractivity contribution in [1.29, 1.82) is 0 Å². The highest BCUT2D eigenvalue weighted by Crippen LogP contribution is 2.26. The van der Waals surface area contributed by atoms with Crippen molar-refractivity contribution in [2.75, 3.05) is 24.7 Å². The number of nitrogens with one attached hydrogen (secondary N) is 2. The van der Waals surface area contributed by atoms with Crippen LogP contribution in [-0.4, -0.2) is 38.6 Å². The number of carbonyl (C=O) groups is 2. The minimum absolute atomic E-state index is 0.00758. The van der Waals surface area contributed by atoms with Gasteiger partial charge in [0.15, 0.2) is 0 Å². The molecule has 3 aromatic carbocycles. The van der Waals surface area contributed by atoms with Crippen molar-refractivity contribution in [2.24, 2.45) is 0 Å². The Morgan fingerprint density at radius 2 is 1.59 bits per heavy atom. The highest BCUT2D eigenvalue weighted by Gasteiger charge is 2.23. The normalized spacial score (nSPS) is 11.3. The van der Waals surface area contributed by atoms with Crippen LogP contribution in [0.15, 0.2) is 71.6 Å². The van der Waals surface area contributed by atoms with Crippen molar-refractivity contribution in [3.63, 3.8) is 0 Å². The summed E-state index contributed by atoms with van der Waals surface area (Å²) in [7, 11) is -1.09. The fourth-order valence-corrected chi connectivity index (χ4v) is 4.34. The highest BCUT2D eigenvalue weighted by molar-refractivity contribution is 7.89. The third kappa shape index (κ3) is 5.16. The third-order valence-electron chi connectivity index (χ3n) is 4.65. The van der Waals surface area contributed by atoms with Crippen LogP contribution in [0.1, 0.15) is 26.3 Å². The molecule has 0 radical (unpaired) electrons. The van der Waals surface area contributed by atoms with Crippen LogP contribution in [0, 0.1) is 6.92 Å². The quantitative estimate of drug-likeness (QED) is 0.556. The van der Waals surface area contributed by atoms with E-state index in [4.69, 9.17) is 11.6 Å². The summed E-state index contributed by atoms with van der Waals surface area (Å²) >= 11 is 6.05. The van der Waals surface area contributed by atoms with Gasteiger partial charge in [-0.15, -0.1) is 0 Å². The summed E-state index contributed by atoms with van der Waals surface area (Å²) in [4.78, 5) is 25.5. The summed E-state index contributed by atoms with van der Waals surface area (Å²) in [5, 5.41) is 5.50. The van der Waals surface area contributed by atoms with Gasteiger partial charge in [-0.2, -0.15) is 0 Å². The lowest BCUT2D eigenvalue weighted by Gasteiger charge is -2.15. The number of carbonyl (C=O) groups excluding carboxylic acids is 2. The average molecular weight is 472 g/mol. The smallest absolute Gasteiger partial charge is 0.257 e. The van der Waals surface area contributed by atoms with E-state index in [1.54, 1.807) is 30.3 Å². The number of amides is 2. The zero-order chi connectivity index (χ0) is 23.5. The molecule has 0 atom stereocenters. The number of benzene rings is 3. The van der Waals surface area contributed by atoms with Crippen molar-refractivity contribution in [2.45, 2.75) is 11.8 Å². The molecule has 0 aliphatic heterocycles. The Balaban J connectivity index is 1.87. The van der Waals surface area contributed by atoms with Gasteiger partial charge in [0.2, 0.25) is 10.0 Å². The zero-order valence-corrected chi connectivity index (χ0v) is 19.3. The first kappa shape index (κ1) is 23.5. The SMILES string of the molecule is Cc1cccc(NC(=O)c2ccccc2NC(=O)c2ccc(Cl)c(S(=O)(=O)N(C)C)c2)c1. The largest absolute Gasteiger partial charge is 0.322 e. The number of rotatable bonds is 6. The van der Waals surface area contributed by atoms with Gasteiger partial charge in [-0.1, -0.05) is 35.9 Å². The summed E-state index contributed by atoms with van der Waals surface area (Å²) in [6.07, 6.45) is 0. The number of anilines is 2. The second kappa shape index (κ2) is 9.52. The molecule has 0 fully saturated rings. The van der Waals surface area contributed by atoms with Crippen LogP contribution < -0.4 is 10.6 Å². The molecule has 0 saturated carbocycles. The van der Waals surface area contributed by atoms with E-state index in [0.29, 0.717) is 5.69 Å². The van der Waals surface area contributed by atoms with Crippen LogP contribution in [0.25, 0.3) is 0 Å². The van der Waals surface area contributed by atoms with E-state index in [2.05, 4.69) is 10.6 Å². The van der Waals surface area contributed by atoms with Gasteiger partial charge in [-0.05, 0) is 55.0 Å². The lowest BCUT2D eigenvalue weighted by molar-refractivity contribution is 0.102. The number of hydrogen-bond donors (Lipinski definition) is 2. The molecule has 32 heavy (non-hydrogen) atoms. The second-order valence-electron chi connectivity index (χ2n) is 7.26. The van der Waals surface area contributed by atoms with Crippen LogP contribution in [0.2, 0.25) is 5.02 Å². The van der Waals surface area contributed by atoms with Crippen molar-refractivity contribution >= 4 is 44.8 Å². The van der Waals surface area contributed by atoms with Gasteiger partial charge in [0, 0.05) is 25.3 Å². The molecule has 0 aliphatic carbocycles. The molecule has 2 N–H and O–H groups in total. The molecule has 7 nitrogen and oxygen atoms in total. The van der Waals surface area contributed by atoms with Crippen molar-refractivity contribution in [1.82, 2.24) is 4.31 Å². The Bertz CT molecular complexity index is 1290. The zero-order valence-electron chi connectivity index (χ0n) is 17.7. The van der Waals surface area contributed by atoms with Crippen molar-refractivity contribution in [3.05, 3.63) is 88.4 Å². The highest BCUT2D eigenvalue weighted by atomic mass is 35.5. The minimum Gasteiger partial charge on any atom is -0.322 e. The average Bonchev–Trinajstić information content (AvgIpc) is 2.74. The number of nitrogens with zero attached hydrogens (tertiary/aromatic N) is 1. The predicted octanol–water partition coefficient (Wildman–Crippen LogP) is 4.40. The van der Waals surface area contributed by atoms with E-state index in [1.165, 1.54) is 32.3 Å². The summed E-state index contributed by atoms with van der Waals surface area (Å²) in [6, 6.07) is 17.9. The lowest BCUT2D eigenvalue weighted by Crippen LogP contribution is -2.23. The second-order valence-corrected chi connectivity index (χ2v) is 9.78. The van der Waals surface area contributed by atoms with E-state index < -0.39 is 21.8 Å². The number of sulfonamides is 1. The fourth-order valence-electron chi connectivity index (χ4n) is 2.94. The van der Waals surface area contributed by atoms with E-state index in [9.17, 15) is 18.0 Å². The maximum atomic E-state index is 12.9. The van der Waals surface area contributed by atoms with Gasteiger partial charge in [0.25, 0.3) is 11.8 Å². The Kier molecular flexibility index (Phi) is 6.98. The Labute approximate surface area is 192 Å². The third-order valence-corrected chi connectivity index (χ3v) is 6.94. The first-order chi connectivity index (χ1) is 15.1. The molecule has 9 heteroatoms. The van der Waals surface area contributed by atoms with Gasteiger partial charge >= 0.3 is 0 Å². The number of para-hydroxylation sites is 1. The summed E-state index contributed by atoms with van der Waals surface area (Å²) < 4.78 is 26.0. The van der Waals surface area contributed by atoms with Gasteiger partial charge in [-0.3, -0.25) is 9.59 Å². The summed E-state index contributed by atoms with van der Waals surface area (Å²) in [5.74, 6) is -0.967. The molecule has 3 aromatic rings. The first-order valence-corrected chi connectivity index (χ1v) is 11.4.